The third-order valence-corrected chi connectivity index (χ3v) is 3.13. The number of benzene rings is 1. The Hall–Kier alpha value is -2.54. The number of amides is 2. The minimum absolute atomic E-state index is 0.103. The predicted octanol–water partition coefficient (Wildman–Crippen LogP) is 1.27. The van der Waals surface area contributed by atoms with Crippen molar-refractivity contribution in [2.45, 2.75) is 13.5 Å². The summed E-state index contributed by atoms with van der Waals surface area (Å²) in [6.45, 7) is 1.44. The van der Waals surface area contributed by atoms with E-state index in [-0.39, 0.29) is 40.5 Å². The van der Waals surface area contributed by atoms with Crippen LogP contribution in [0.15, 0.2) is 30.9 Å². The van der Waals surface area contributed by atoms with Gasteiger partial charge in [-0.3, -0.25) is 9.59 Å². The van der Waals surface area contributed by atoms with Gasteiger partial charge in [-0.25, -0.2) is 9.13 Å². The normalized spacial score (nSPS) is 10.3. The summed E-state index contributed by atoms with van der Waals surface area (Å²) in [6, 6.07) is 2.67. The van der Waals surface area contributed by atoms with Gasteiger partial charge in [0.2, 0.25) is 12.2 Å². The summed E-state index contributed by atoms with van der Waals surface area (Å²) in [5.74, 6) is -0.798. The molecule has 0 aliphatic carbocycles. The smallest absolute Gasteiger partial charge is 0.266 e. The number of imidazole rings is 1. The second-order valence-corrected chi connectivity index (χ2v) is 5.24. The SMILES string of the molecule is CC(=O)Nc1cc(O)c(NC(=O)Cn2cc[n+](C)c2)cc1Cl. The molecule has 0 spiro atoms. The zero-order valence-electron chi connectivity index (χ0n) is 12.1. The van der Waals surface area contributed by atoms with Gasteiger partial charge < -0.3 is 15.7 Å². The van der Waals surface area contributed by atoms with Crippen LogP contribution in [0.1, 0.15) is 6.92 Å². The number of halogens is 1. The van der Waals surface area contributed by atoms with E-state index in [0.717, 1.165) is 0 Å². The van der Waals surface area contributed by atoms with E-state index in [4.69, 9.17) is 11.6 Å². The van der Waals surface area contributed by atoms with E-state index in [9.17, 15) is 14.7 Å². The highest BCUT2D eigenvalue weighted by Crippen LogP contribution is 2.33. The molecule has 1 aromatic heterocycles. The number of hydrogen-bond donors (Lipinski definition) is 3. The lowest BCUT2D eigenvalue weighted by Crippen LogP contribution is -2.25. The Bertz CT molecular complexity index is 727. The van der Waals surface area contributed by atoms with Gasteiger partial charge in [0.25, 0.3) is 5.91 Å². The van der Waals surface area contributed by atoms with E-state index in [1.165, 1.54) is 19.1 Å². The van der Waals surface area contributed by atoms with Gasteiger partial charge in [-0.2, -0.15) is 0 Å². The number of aryl methyl sites for hydroxylation is 1. The van der Waals surface area contributed by atoms with Crippen LogP contribution in [0, 0.1) is 0 Å². The standard InChI is InChI=1S/C14H15ClN4O3/c1-9(20)16-11-6-13(21)12(5-10(11)15)17-14(22)7-19-4-3-18(2)8-19/h3-6,8H,7H2,1-2H3,(H2-,16,17,20,21,22)/p+1. The first-order chi connectivity index (χ1) is 10.3. The summed E-state index contributed by atoms with van der Waals surface area (Å²) >= 11 is 6.01. The third kappa shape index (κ3) is 3.98. The minimum atomic E-state index is -0.310. The molecule has 0 radical (unpaired) electrons. The minimum Gasteiger partial charge on any atom is -0.506 e. The van der Waals surface area contributed by atoms with E-state index < -0.39 is 0 Å². The number of anilines is 2. The lowest BCUT2D eigenvalue weighted by Gasteiger charge is -2.10. The maximum atomic E-state index is 12.0. The molecule has 7 nitrogen and oxygen atoms in total. The molecule has 2 amide bonds. The summed E-state index contributed by atoms with van der Waals surface area (Å²) in [6.07, 6.45) is 5.32. The number of nitrogens with one attached hydrogen (secondary N) is 2. The molecule has 0 fully saturated rings. The molecule has 116 valence electrons. The van der Waals surface area contributed by atoms with Gasteiger partial charge in [0.1, 0.15) is 18.1 Å². The van der Waals surface area contributed by atoms with Gasteiger partial charge in [0, 0.05) is 13.0 Å². The highest BCUT2D eigenvalue weighted by Gasteiger charge is 2.13. The Morgan fingerprint density at radius 3 is 2.64 bits per heavy atom. The Labute approximate surface area is 132 Å². The van der Waals surface area contributed by atoms with Crippen molar-refractivity contribution in [2.75, 3.05) is 10.6 Å². The third-order valence-electron chi connectivity index (χ3n) is 2.82. The van der Waals surface area contributed by atoms with Crippen molar-refractivity contribution in [1.82, 2.24) is 4.57 Å². The molecule has 1 heterocycles. The molecule has 0 bridgehead atoms. The van der Waals surface area contributed by atoms with Crippen molar-refractivity contribution in [3.63, 3.8) is 0 Å². The van der Waals surface area contributed by atoms with Crippen LogP contribution in [0.5, 0.6) is 5.75 Å². The Morgan fingerprint density at radius 2 is 2.05 bits per heavy atom. The molecular formula is C14H16ClN4O3+. The van der Waals surface area contributed by atoms with Crippen LogP contribution in [-0.2, 0) is 23.2 Å². The number of rotatable bonds is 4. The molecule has 0 saturated carbocycles. The number of carbonyl (C=O) groups is 2. The van der Waals surface area contributed by atoms with Crippen LogP contribution in [0.2, 0.25) is 5.02 Å². The van der Waals surface area contributed by atoms with Gasteiger partial charge >= 0.3 is 0 Å². The van der Waals surface area contributed by atoms with Crippen molar-refractivity contribution < 1.29 is 19.3 Å². The van der Waals surface area contributed by atoms with Crippen LogP contribution in [-0.4, -0.2) is 21.5 Å². The zero-order chi connectivity index (χ0) is 16.3. The van der Waals surface area contributed by atoms with Crippen molar-refractivity contribution >= 4 is 34.8 Å². The van der Waals surface area contributed by atoms with Crippen molar-refractivity contribution in [3.05, 3.63) is 35.9 Å². The molecule has 2 rings (SSSR count). The number of carbonyl (C=O) groups excluding carboxylic acids is 2. The van der Waals surface area contributed by atoms with Gasteiger partial charge in [-0.05, 0) is 6.07 Å². The Morgan fingerprint density at radius 1 is 1.32 bits per heavy atom. The second kappa shape index (κ2) is 6.48. The van der Waals surface area contributed by atoms with E-state index in [0.29, 0.717) is 0 Å². The molecule has 0 aliphatic rings. The predicted molar refractivity (Wildman–Crippen MR) is 81.7 cm³/mol. The average molecular weight is 324 g/mol. The first-order valence-corrected chi connectivity index (χ1v) is 6.84. The van der Waals surface area contributed by atoms with Crippen LogP contribution in [0.25, 0.3) is 0 Å². The first-order valence-electron chi connectivity index (χ1n) is 6.46. The summed E-state index contributed by atoms with van der Waals surface area (Å²) in [7, 11) is 1.85. The van der Waals surface area contributed by atoms with E-state index in [1.807, 2.05) is 17.8 Å². The van der Waals surface area contributed by atoms with E-state index in [1.54, 1.807) is 17.1 Å². The molecule has 0 unspecified atom stereocenters. The molecule has 3 N–H and O–H groups in total. The summed E-state index contributed by atoms with van der Waals surface area (Å²) in [5.41, 5.74) is 0.461. The fraction of sp³-hybridized carbons (Fsp3) is 0.214. The maximum Gasteiger partial charge on any atom is 0.266 e. The number of nitrogens with zero attached hydrogens (tertiary/aromatic N) is 2. The topological polar surface area (TPSA) is 87.2 Å². The molecule has 22 heavy (non-hydrogen) atoms. The fourth-order valence-electron chi connectivity index (χ4n) is 1.90. The summed E-state index contributed by atoms with van der Waals surface area (Å²) in [5, 5.41) is 15.2. The molecule has 0 saturated heterocycles. The van der Waals surface area contributed by atoms with Gasteiger partial charge in [-0.15, -0.1) is 0 Å². The summed E-state index contributed by atoms with van der Waals surface area (Å²) < 4.78 is 3.50. The zero-order valence-corrected chi connectivity index (χ0v) is 12.9. The lowest BCUT2D eigenvalue weighted by atomic mass is 10.2. The Kier molecular flexibility index (Phi) is 4.67. The average Bonchev–Trinajstić information content (AvgIpc) is 2.80. The Balaban J connectivity index is 2.10. The van der Waals surface area contributed by atoms with Gasteiger partial charge in [-0.1, -0.05) is 11.6 Å². The van der Waals surface area contributed by atoms with Crippen LogP contribution in [0.3, 0.4) is 0 Å². The number of hydrogen-bond acceptors (Lipinski definition) is 3. The van der Waals surface area contributed by atoms with Crippen LogP contribution in [0.4, 0.5) is 11.4 Å². The highest BCUT2D eigenvalue weighted by molar-refractivity contribution is 6.34. The second-order valence-electron chi connectivity index (χ2n) is 4.83. The maximum absolute atomic E-state index is 12.0. The van der Waals surface area contributed by atoms with E-state index in [2.05, 4.69) is 10.6 Å². The number of aromatic nitrogens is 2. The van der Waals surface area contributed by atoms with Crippen LogP contribution < -0.4 is 15.2 Å². The molecule has 1 aromatic carbocycles. The monoisotopic (exact) mass is 323 g/mol. The number of aromatic hydroxyl groups is 1. The van der Waals surface area contributed by atoms with Crippen molar-refractivity contribution in [1.29, 1.82) is 0 Å². The molecule has 2 aromatic rings. The van der Waals surface area contributed by atoms with Crippen molar-refractivity contribution in [2.24, 2.45) is 7.05 Å². The van der Waals surface area contributed by atoms with Gasteiger partial charge in [0.15, 0.2) is 6.54 Å². The molecule has 0 atom stereocenters. The number of phenols is 1. The first kappa shape index (κ1) is 15.8. The lowest BCUT2D eigenvalue weighted by molar-refractivity contribution is -0.671. The largest absolute Gasteiger partial charge is 0.506 e. The number of phenolic OH excluding ortho intramolecular Hbond substituents is 1. The van der Waals surface area contributed by atoms with E-state index >= 15 is 0 Å². The highest BCUT2D eigenvalue weighted by atomic mass is 35.5. The van der Waals surface area contributed by atoms with Gasteiger partial charge in [0.05, 0.1) is 23.4 Å². The molecule has 0 aliphatic heterocycles. The van der Waals surface area contributed by atoms with Crippen molar-refractivity contribution in [3.8, 4) is 5.75 Å². The fourth-order valence-corrected chi connectivity index (χ4v) is 2.11. The quantitative estimate of drug-likeness (QED) is 0.585. The molecule has 8 heteroatoms. The molecular weight excluding hydrogens is 308 g/mol. The van der Waals surface area contributed by atoms with Crippen LogP contribution >= 0.6 is 11.6 Å². The summed E-state index contributed by atoms with van der Waals surface area (Å²) in [4.78, 5) is 23.0.